The van der Waals surface area contributed by atoms with Crippen molar-refractivity contribution in [3.8, 4) is 0 Å². The van der Waals surface area contributed by atoms with Crippen LogP contribution in [0.5, 0.6) is 0 Å². The van der Waals surface area contributed by atoms with Crippen molar-refractivity contribution in [1.82, 2.24) is 15.7 Å². The molecule has 2 rings (SSSR count). The van der Waals surface area contributed by atoms with Gasteiger partial charge in [0.05, 0.1) is 0 Å². The predicted octanol–water partition coefficient (Wildman–Crippen LogP) is 3.79. The maximum atomic E-state index is 13.4. The molecule has 4 amide bonds. The molecule has 1 aromatic carbocycles. The van der Waals surface area contributed by atoms with Crippen molar-refractivity contribution in [1.29, 1.82) is 0 Å². The van der Waals surface area contributed by atoms with E-state index in [9.17, 15) is 14.4 Å². The molecule has 172 valence electrons. The Morgan fingerprint density at radius 2 is 1.90 bits per heavy atom. The van der Waals surface area contributed by atoms with E-state index in [1.54, 1.807) is 29.7 Å². The molecule has 1 aliphatic rings. The van der Waals surface area contributed by atoms with Gasteiger partial charge in [0.1, 0.15) is 12.6 Å². The molecule has 0 bridgehead atoms. The summed E-state index contributed by atoms with van der Waals surface area (Å²) in [6, 6.07) is 5.29. The summed E-state index contributed by atoms with van der Waals surface area (Å²) in [5.41, 5.74) is 1.49. The molecule has 0 aliphatic heterocycles. The van der Waals surface area contributed by atoms with Gasteiger partial charge in [0, 0.05) is 17.3 Å². The minimum absolute atomic E-state index is 0.272. The van der Waals surface area contributed by atoms with Gasteiger partial charge in [-0.15, -0.1) is 0 Å². The van der Waals surface area contributed by atoms with Gasteiger partial charge in [-0.3, -0.25) is 14.8 Å². The number of benzene rings is 1. The Balaban J connectivity index is 2.12. The lowest BCUT2D eigenvalue weighted by Crippen LogP contribution is -2.57. The van der Waals surface area contributed by atoms with E-state index >= 15 is 0 Å². The Labute approximate surface area is 188 Å². The summed E-state index contributed by atoms with van der Waals surface area (Å²) in [4.78, 5) is 39.2. The molecular formula is C22H33ClN4O4. The number of hydrogen-bond acceptors (Lipinski definition) is 4. The third kappa shape index (κ3) is 8.03. The third-order valence-corrected chi connectivity index (χ3v) is 5.76. The first-order valence-corrected chi connectivity index (χ1v) is 11.0. The van der Waals surface area contributed by atoms with Crippen molar-refractivity contribution in [2.75, 3.05) is 18.4 Å². The van der Waals surface area contributed by atoms with Crippen LogP contribution in [0.3, 0.4) is 0 Å². The number of anilines is 1. The number of hydroxylamine groups is 1. The average Bonchev–Trinajstić information content (AvgIpc) is 3.21. The van der Waals surface area contributed by atoms with Crippen molar-refractivity contribution in [3.63, 3.8) is 0 Å². The molecular weight excluding hydrogens is 420 g/mol. The fraction of sp³-hybridized carbons (Fsp3) is 0.591. The normalized spacial score (nSPS) is 15.3. The zero-order chi connectivity index (χ0) is 23.0. The SMILES string of the molecule is CC(C)(C)[C@H](NC(=O)Nc1cccc(Cl)c1)C(=O)N(CCC1CCCC1)CC(=O)NO. The van der Waals surface area contributed by atoms with Crippen molar-refractivity contribution >= 4 is 35.1 Å². The number of amides is 4. The highest BCUT2D eigenvalue weighted by molar-refractivity contribution is 6.30. The fourth-order valence-corrected chi connectivity index (χ4v) is 4.00. The molecule has 0 aromatic heterocycles. The van der Waals surface area contributed by atoms with Crippen LogP contribution in [0.2, 0.25) is 5.02 Å². The van der Waals surface area contributed by atoms with Gasteiger partial charge in [0.2, 0.25) is 5.91 Å². The molecule has 1 aliphatic carbocycles. The lowest BCUT2D eigenvalue weighted by atomic mass is 9.85. The molecule has 0 heterocycles. The van der Waals surface area contributed by atoms with Crippen LogP contribution in [0, 0.1) is 11.3 Å². The molecule has 1 atom stereocenters. The van der Waals surface area contributed by atoms with E-state index in [0.29, 0.717) is 23.2 Å². The minimum atomic E-state index is -0.873. The van der Waals surface area contributed by atoms with Crippen LogP contribution in [0.15, 0.2) is 24.3 Å². The lowest BCUT2D eigenvalue weighted by Gasteiger charge is -2.35. The van der Waals surface area contributed by atoms with Crippen molar-refractivity contribution in [3.05, 3.63) is 29.3 Å². The van der Waals surface area contributed by atoms with Gasteiger partial charge in [-0.05, 0) is 36.0 Å². The standard InChI is InChI=1S/C22H33ClN4O4/c1-22(2,3)19(25-21(30)24-17-10-6-9-16(23)13-17)20(29)27(14-18(28)26-31)12-11-15-7-4-5-8-15/h6,9-10,13,15,19,31H,4-5,7-8,11-12,14H2,1-3H3,(H,26,28)(H2,24,25,30)/t19-/m1/s1. The van der Waals surface area contributed by atoms with E-state index < -0.39 is 23.4 Å². The van der Waals surface area contributed by atoms with Crippen molar-refractivity contribution in [2.45, 2.75) is 58.9 Å². The summed E-state index contributed by atoms with van der Waals surface area (Å²) < 4.78 is 0. The number of nitrogens with zero attached hydrogens (tertiary/aromatic N) is 1. The van der Waals surface area contributed by atoms with Gasteiger partial charge in [0.15, 0.2) is 0 Å². The zero-order valence-corrected chi connectivity index (χ0v) is 19.2. The number of carbonyl (C=O) groups excluding carboxylic acids is 3. The quantitative estimate of drug-likeness (QED) is 0.355. The number of nitrogens with one attached hydrogen (secondary N) is 3. The molecule has 1 saturated carbocycles. The van der Waals surface area contributed by atoms with Gasteiger partial charge in [0.25, 0.3) is 5.91 Å². The summed E-state index contributed by atoms with van der Waals surface area (Å²) in [5.74, 6) is -0.509. The van der Waals surface area contributed by atoms with Crippen LogP contribution < -0.4 is 16.1 Å². The number of halogens is 1. The molecule has 0 radical (unpaired) electrons. The highest BCUT2D eigenvalue weighted by atomic mass is 35.5. The topological polar surface area (TPSA) is 111 Å². The molecule has 31 heavy (non-hydrogen) atoms. The van der Waals surface area contributed by atoms with E-state index in [1.807, 2.05) is 20.8 Å². The Bertz CT molecular complexity index is 775. The molecule has 0 spiro atoms. The number of rotatable bonds is 8. The second-order valence-electron chi connectivity index (χ2n) is 9.14. The Morgan fingerprint density at radius 3 is 2.48 bits per heavy atom. The minimum Gasteiger partial charge on any atom is -0.331 e. The first-order valence-electron chi connectivity index (χ1n) is 10.6. The van der Waals surface area contributed by atoms with Crippen molar-refractivity contribution in [2.24, 2.45) is 11.3 Å². The van der Waals surface area contributed by atoms with E-state index in [0.717, 1.165) is 19.3 Å². The monoisotopic (exact) mass is 452 g/mol. The zero-order valence-electron chi connectivity index (χ0n) is 18.4. The summed E-state index contributed by atoms with van der Waals surface area (Å²) in [5, 5.41) is 14.9. The maximum absolute atomic E-state index is 13.4. The van der Waals surface area contributed by atoms with Crippen LogP contribution in [0.1, 0.15) is 52.9 Å². The molecule has 1 fully saturated rings. The van der Waals surface area contributed by atoms with Crippen molar-refractivity contribution < 1.29 is 19.6 Å². The second kappa shape index (κ2) is 11.3. The highest BCUT2D eigenvalue weighted by Crippen LogP contribution is 2.28. The number of hydrogen-bond donors (Lipinski definition) is 4. The van der Waals surface area contributed by atoms with E-state index in [1.165, 1.54) is 17.7 Å². The third-order valence-electron chi connectivity index (χ3n) is 5.52. The maximum Gasteiger partial charge on any atom is 0.319 e. The van der Waals surface area contributed by atoms with Crippen LogP contribution in [0.4, 0.5) is 10.5 Å². The van der Waals surface area contributed by atoms with Gasteiger partial charge in [-0.2, -0.15) is 0 Å². The molecule has 8 nitrogen and oxygen atoms in total. The largest absolute Gasteiger partial charge is 0.331 e. The summed E-state index contributed by atoms with van der Waals surface area (Å²) >= 11 is 5.96. The van der Waals surface area contributed by atoms with E-state index in [-0.39, 0.29) is 12.5 Å². The number of carbonyl (C=O) groups is 3. The Morgan fingerprint density at radius 1 is 1.23 bits per heavy atom. The molecule has 0 saturated heterocycles. The first-order chi connectivity index (χ1) is 14.6. The van der Waals surface area contributed by atoms with Crippen LogP contribution in [-0.4, -0.2) is 47.1 Å². The predicted molar refractivity (Wildman–Crippen MR) is 120 cm³/mol. The average molecular weight is 453 g/mol. The highest BCUT2D eigenvalue weighted by Gasteiger charge is 2.36. The Kier molecular flexibility index (Phi) is 9.13. The first kappa shape index (κ1) is 24.9. The van der Waals surface area contributed by atoms with Gasteiger partial charge >= 0.3 is 6.03 Å². The molecule has 1 aromatic rings. The van der Waals surface area contributed by atoms with Crippen LogP contribution in [0.25, 0.3) is 0 Å². The summed E-state index contributed by atoms with van der Waals surface area (Å²) in [7, 11) is 0. The van der Waals surface area contributed by atoms with Gasteiger partial charge < -0.3 is 15.5 Å². The van der Waals surface area contributed by atoms with Gasteiger partial charge in [-0.1, -0.05) is 64.1 Å². The fourth-order valence-electron chi connectivity index (χ4n) is 3.81. The van der Waals surface area contributed by atoms with E-state index in [4.69, 9.17) is 16.8 Å². The Hall–Kier alpha value is -2.32. The molecule has 0 unspecified atom stereocenters. The van der Waals surface area contributed by atoms with Gasteiger partial charge in [-0.25, -0.2) is 10.3 Å². The summed E-state index contributed by atoms with van der Waals surface area (Å²) in [6.07, 6.45) is 5.40. The van der Waals surface area contributed by atoms with Crippen LogP contribution >= 0.6 is 11.6 Å². The smallest absolute Gasteiger partial charge is 0.319 e. The molecule has 4 N–H and O–H groups in total. The lowest BCUT2D eigenvalue weighted by molar-refractivity contribution is -0.142. The second-order valence-corrected chi connectivity index (χ2v) is 9.58. The van der Waals surface area contributed by atoms with Crippen LogP contribution in [-0.2, 0) is 9.59 Å². The van der Waals surface area contributed by atoms with E-state index in [2.05, 4.69) is 10.6 Å². The number of urea groups is 1. The molecule has 9 heteroatoms. The summed E-state index contributed by atoms with van der Waals surface area (Å²) in [6.45, 7) is 5.65.